The Labute approximate surface area is 161 Å². The maximum Gasteiger partial charge on any atom is 0.198 e. The average molecular weight is 385 g/mol. The van der Waals surface area contributed by atoms with E-state index in [0.29, 0.717) is 12.2 Å². The van der Waals surface area contributed by atoms with Crippen LogP contribution in [0.2, 0.25) is 0 Å². The number of fused-ring (bicyclic) bond motifs is 6. The predicted molar refractivity (Wildman–Crippen MR) is 114 cm³/mol. The van der Waals surface area contributed by atoms with E-state index in [9.17, 15) is 4.79 Å². The molecule has 0 bridgehead atoms. The smallest absolute Gasteiger partial charge is 0.198 e. The summed E-state index contributed by atoms with van der Waals surface area (Å²) < 4.78 is 8.62. The summed E-state index contributed by atoms with van der Waals surface area (Å²) in [6, 6.07) is 6.21. The van der Waals surface area contributed by atoms with Crippen LogP contribution in [0.5, 0.6) is 0 Å². The van der Waals surface area contributed by atoms with Gasteiger partial charge in [0.1, 0.15) is 5.58 Å². The number of benzene rings is 1. The van der Waals surface area contributed by atoms with Crippen LogP contribution in [0.4, 0.5) is 0 Å². The SMILES string of the molecule is CCCCCCCCCC(=O)c1cc2c3ccsc3c3sccc3c2o1. The summed E-state index contributed by atoms with van der Waals surface area (Å²) in [5.74, 6) is 0.665. The Morgan fingerprint density at radius 2 is 1.54 bits per heavy atom. The zero-order valence-corrected chi connectivity index (χ0v) is 16.8. The summed E-state index contributed by atoms with van der Waals surface area (Å²) in [6.07, 6.45) is 9.14. The van der Waals surface area contributed by atoms with Gasteiger partial charge >= 0.3 is 0 Å². The van der Waals surface area contributed by atoms with E-state index in [1.54, 1.807) is 22.7 Å². The van der Waals surface area contributed by atoms with Crippen LogP contribution in [-0.4, -0.2) is 5.78 Å². The number of carbonyl (C=O) groups is 1. The molecule has 3 heterocycles. The zero-order valence-electron chi connectivity index (χ0n) is 15.2. The molecule has 0 aliphatic heterocycles. The van der Waals surface area contributed by atoms with Gasteiger partial charge in [-0.2, -0.15) is 0 Å². The van der Waals surface area contributed by atoms with E-state index in [2.05, 4.69) is 29.8 Å². The van der Waals surface area contributed by atoms with E-state index in [0.717, 1.165) is 29.2 Å². The number of rotatable bonds is 9. The number of hydrogen-bond donors (Lipinski definition) is 0. The normalized spacial score (nSPS) is 11.9. The lowest BCUT2D eigenvalue weighted by molar-refractivity contribution is 0.0954. The van der Waals surface area contributed by atoms with Crippen molar-refractivity contribution in [1.29, 1.82) is 0 Å². The second-order valence-electron chi connectivity index (χ2n) is 6.97. The first-order valence-electron chi connectivity index (χ1n) is 9.62. The molecule has 4 aromatic rings. The van der Waals surface area contributed by atoms with Gasteiger partial charge in [-0.1, -0.05) is 45.4 Å². The number of unbranched alkanes of at least 4 members (excludes halogenated alkanes) is 6. The minimum Gasteiger partial charge on any atom is -0.452 e. The van der Waals surface area contributed by atoms with Crippen molar-refractivity contribution >= 4 is 59.6 Å². The molecular weight excluding hydrogens is 360 g/mol. The van der Waals surface area contributed by atoms with Gasteiger partial charge in [0, 0.05) is 22.6 Å². The standard InChI is InChI=1S/C22H24O2S2/c1-2-3-4-5-6-7-8-9-18(23)19-14-17-15-10-12-25-21(15)22-16(11-13-26-22)20(17)24-19/h10-14H,2-9H2,1H3. The van der Waals surface area contributed by atoms with Gasteiger partial charge in [-0.05, 0) is 35.4 Å². The van der Waals surface area contributed by atoms with Crippen molar-refractivity contribution in [2.24, 2.45) is 0 Å². The first-order chi connectivity index (χ1) is 12.8. The Kier molecular flexibility index (Phi) is 5.41. The maximum atomic E-state index is 12.6. The van der Waals surface area contributed by atoms with Gasteiger partial charge in [-0.25, -0.2) is 0 Å². The molecule has 4 rings (SSSR count). The first-order valence-corrected chi connectivity index (χ1v) is 11.4. The Balaban J connectivity index is 1.50. The lowest BCUT2D eigenvalue weighted by Crippen LogP contribution is -1.96. The fourth-order valence-electron chi connectivity index (χ4n) is 3.66. The third kappa shape index (κ3) is 3.33. The average Bonchev–Trinajstić information content (AvgIpc) is 3.37. The lowest BCUT2D eigenvalue weighted by atomic mass is 10.1. The molecule has 0 aliphatic rings. The number of ketones is 1. The number of carbonyl (C=O) groups excluding carboxylic acids is 1. The van der Waals surface area contributed by atoms with Crippen LogP contribution in [0.1, 0.15) is 68.8 Å². The van der Waals surface area contributed by atoms with Gasteiger partial charge in [0.25, 0.3) is 0 Å². The molecule has 26 heavy (non-hydrogen) atoms. The molecule has 0 spiro atoms. The first kappa shape index (κ1) is 17.7. The summed E-state index contributed by atoms with van der Waals surface area (Å²) in [4.78, 5) is 12.6. The van der Waals surface area contributed by atoms with Crippen LogP contribution in [0, 0.1) is 0 Å². The molecule has 2 nitrogen and oxygen atoms in total. The minimum absolute atomic E-state index is 0.140. The fourth-order valence-corrected chi connectivity index (χ4v) is 5.65. The van der Waals surface area contributed by atoms with E-state index < -0.39 is 0 Å². The van der Waals surface area contributed by atoms with Crippen LogP contribution in [0.3, 0.4) is 0 Å². The lowest BCUT2D eigenvalue weighted by Gasteiger charge is -2.00. The van der Waals surface area contributed by atoms with E-state index >= 15 is 0 Å². The third-order valence-corrected chi connectivity index (χ3v) is 7.08. The highest BCUT2D eigenvalue weighted by Crippen LogP contribution is 2.41. The van der Waals surface area contributed by atoms with Gasteiger partial charge in [0.2, 0.25) is 0 Å². The topological polar surface area (TPSA) is 30.2 Å². The number of Topliss-reactive ketones (excluding diaryl/α,β-unsaturated/α-hetero) is 1. The van der Waals surface area contributed by atoms with Crippen molar-refractivity contribution in [3.05, 3.63) is 34.7 Å². The van der Waals surface area contributed by atoms with Crippen LogP contribution in [-0.2, 0) is 0 Å². The van der Waals surface area contributed by atoms with Crippen LogP contribution >= 0.6 is 22.7 Å². The summed E-state index contributed by atoms with van der Waals surface area (Å²) in [5, 5.41) is 7.64. The van der Waals surface area contributed by atoms with Gasteiger partial charge < -0.3 is 4.42 Å². The highest BCUT2D eigenvalue weighted by molar-refractivity contribution is 7.25. The number of hydrogen-bond acceptors (Lipinski definition) is 4. The molecule has 0 unspecified atom stereocenters. The summed E-state index contributed by atoms with van der Waals surface area (Å²) in [7, 11) is 0. The van der Waals surface area contributed by atoms with E-state index in [-0.39, 0.29) is 5.78 Å². The Morgan fingerprint density at radius 3 is 2.31 bits per heavy atom. The van der Waals surface area contributed by atoms with Gasteiger partial charge in [-0.15, -0.1) is 22.7 Å². The molecule has 0 radical (unpaired) electrons. The van der Waals surface area contributed by atoms with Crippen LogP contribution < -0.4 is 0 Å². The predicted octanol–water partition coefficient (Wildman–Crippen LogP) is 8.19. The summed E-state index contributed by atoms with van der Waals surface area (Å²) in [6.45, 7) is 2.24. The fraction of sp³-hybridized carbons (Fsp3) is 0.409. The monoisotopic (exact) mass is 384 g/mol. The van der Waals surface area contributed by atoms with Gasteiger partial charge in [0.05, 0.1) is 9.40 Å². The molecule has 0 amide bonds. The second-order valence-corrected chi connectivity index (χ2v) is 8.81. The van der Waals surface area contributed by atoms with Crippen molar-refractivity contribution in [3.63, 3.8) is 0 Å². The zero-order chi connectivity index (χ0) is 17.9. The Bertz CT molecular complexity index is 967. The molecule has 0 saturated heterocycles. The molecule has 0 saturated carbocycles. The van der Waals surface area contributed by atoms with Crippen molar-refractivity contribution in [3.8, 4) is 0 Å². The third-order valence-electron chi connectivity index (χ3n) is 5.09. The Morgan fingerprint density at radius 1 is 0.885 bits per heavy atom. The molecular formula is C22H24O2S2. The van der Waals surface area contributed by atoms with Crippen LogP contribution in [0.15, 0.2) is 33.4 Å². The van der Waals surface area contributed by atoms with Gasteiger partial charge in [0.15, 0.2) is 11.5 Å². The van der Waals surface area contributed by atoms with Crippen molar-refractivity contribution in [1.82, 2.24) is 0 Å². The van der Waals surface area contributed by atoms with Gasteiger partial charge in [-0.3, -0.25) is 4.79 Å². The molecule has 0 aliphatic carbocycles. The maximum absolute atomic E-state index is 12.6. The number of furan rings is 1. The van der Waals surface area contributed by atoms with Crippen molar-refractivity contribution < 1.29 is 9.21 Å². The summed E-state index contributed by atoms with van der Waals surface area (Å²) >= 11 is 3.51. The highest BCUT2D eigenvalue weighted by atomic mass is 32.1. The van der Waals surface area contributed by atoms with Crippen molar-refractivity contribution in [2.75, 3.05) is 0 Å². The molecule has 0 fully saturated rings. The molecule has 0 atom stereocenters. The largest absolute Gasteiger partial charge is 0.452 e. The molecule has 1 aromatic carbocycles. The molecule has 136 valence electrons. The highest BCUT2D eigenvalue weighted by Gasteiger charge is 2.18. The van der Waals surface area contributed by atoms with E-state index in [4.69, 9.17) is 4.42 Å². The second kappa shape index (κ2) is 7.93. The van der Waals surface area contributed by atoms with Crippen LogP contribution in [0.25, 0.3) is 31.1 Å². The minimum atomic E-state index is 0.140. The van der Waals surface area contributed by atoms with Crippen molar-refractivity contribution in [2.45, 2.75) is 58.3 Å². The Hall–Kier alpha value is -1.65. The molecule has 4 heteroatoms. The molecule has 3 aromatic heterocycles. The van der Waals surface area contributed by atoms with E-state index in [1.165, 1.54) is 46.9 Å². The van der Waals surface area contributed by atoms with E-state index in [1.807, 2.05) is 6.07 Å². The quantitative estimate of drug-likeness (QED) is 0.215. The summed E-state index contributed by atoms with van der Waals surface area (Å²) in [5.41, 5.74) is 0.870. The number of thiophene rings is 2. The molecule has 0 N–H and O–H groups in total.